The Bertz CT molecular complexity index is 1230. The van der Waals surface area contributed by atoms with E-state index in [1.807, 2.05) is 6.20 Å². The van der Waals surface area contributed by atoms with Gasteiger partial charge in [-0.05, 0) is 62.1 Å². The lowest BCUT2D eigenvalue weighted by Gasteiger charge is -2.31. The summed E-state index contributed by atoms with van der Waals surface area (Å²) in [6, 6.07) is 17.8. The second kappa shape index (κ2) is 5.95. The van der Waals surface area contributed by atoms with Crippen molar-refractivity contribution >= 4 is 56.9 Å². The third kappa shape index (κ3) is 2.41. The number of nitrogens with one attached hydrogen (secondary N) is 1. The lowest BCUT2D eigenvalue weighted by molar-refractivity contribution is 1.17. The van der Waals surface area contributed by atoms with Gasteiger partial charge in [-0.25, -0.2) is 0 Å². The molecule has 134 valence electrons. The molecule has 1 nitrogen and oxygen atoms in total. The number of hydrogen-bond acceptors (Lipinski definition) is 0. The number of H-pyrrole nitrogens is 1. The van der Waals surface area contributed by atoms with Crippen LogP contribution < -0.4 is 5.19 Å². The number of pyridine rings is 1. The summed E-state index contributed by atoms with van der Waals surface area (Å²) in [4.78, 5) is 3.43. The van der Waals surface area contributed by atoms with Gasteiger partial charge in [0.1, 0.15) is 0 Å². The molecule has 1 heterocycles. The van der Waals surface area contributed by atoms with E-state index < -0.39 is 8.07 Å². The van der Waals surface area contributed by atoms with Gasteiger partial charge < -0.3 is 4.98 Å². The highest BCUT2D eigenvalue weighted by Gasteiger charge is 2.38. The number of aromatic amines is 1. The third-order valence-corrected chi connectivity index (χ3v) is 11.1. The van der Waals surface area contributed by atoms with Crippen LogP contribution in [0.5, 0.6) is 0 Å². The summed E-state index contributed by atoms with van der Waals surface area (Å²) in [5, 5.41) is 5.57. The minimum absolute atomic E-state index is 0.521. The van der Waals surface area contributed by atoms with Crippen molar-refractivity contribution in [1.82, 2.24) is 4.98 Å². The van der Waals surface area contributed by atoms with Gasteiger partial charge in [-0.15, -0.1) is 0 Å². The Morgan fingerprint density at radius 3 is 2.63 bits per heavy atom. The predicted molar refractivity (Wildman–Crippen MR) is 124 cm³/mol. The summed E-state index contributed by atoms with van der Waals surface area (Å²) >= 11 is 3.89. The van der Waals surface area contributed by atoms with Gasteiger partial charge in [0, 0.05) is 27.1 Å². The molecule has 0 spiro atoms. The number of halogens is 1. The van der Waals surface area contributed by atoms with Crippen molar-refractivity contribution in [3.8, 4) is 0 Å². The molecule has 1 aliphatic carbocycles. The molecule has 0 saturated heterocycles. The Morgan fingerprint density at radius 2 is 1.78 bits per heavy atom. The molecule has 3 aromatic carbocycles. The van der Waals surface area contributed by atoms with E-state index in [1.165, 1.54) is 42.8 Å². The van der Waals surface area contributed by atoms with E-state index in [0.29, 0.717) is 5.54 Å². The molecule has 1 aromatic heterocycles. The summed E-state index contributed by atoms with van der Waals surface area (Å²) in [6.45, 7) is 7.34. The first-order valence-corrected chi connectivity index (χ1v) is 13.3. The zero-order valence-corrected chi connectivity index (χ0v) is 18.4. The quantitative estimate of drug-likeness (QED) is 0.341. The van der Waals surface area contributed by atoms with Crippen molar-refractivity contribution < 1.29 is 0 Å². The average Bonchev–Trinajstić information content (AvgIpc) is 3.23. The number of allylic oxidation sites excluding steroid dienone is 1. The van der Waals surface area contributed by atoms with Crippen molar-refractivity contribution in [1.29, 1.82) is 0 Å². The Kier molecular flexibility index (Phi) is 3.75. The van der Waals surface area contributed by atoms with E-state index in [-0.39, 0.29) is 0 Å². The summed E-state index contributed by atoms with van der Waals surface area (Å²) in [5.41, 5.74) is 6.02. The maximum atomic E-state index is 3.89. The van der Waals surface area contributed by atoms with Crippen LogP contribution in [0.2, 0.25) is 13.1 Å². The molecule has 0 amide bonds. The van der Waals surface area contributed by atoms with Gasteiger partial charge in [0.15, 0.2) is 0 Å². The smallest absolute Gasteiger partial charge is 0.0931 e. The van der Waals surface area contributed by atoms with Gasteiger partial charge in [-0.1, -0.05) is 67.2 Å². The van der Waals surface area contributed by atoms with Gasteiger partial charge >= 0.3 is 0 Å². The van der Waals surface area contributed by atoms with E-state index >= 15 is 0 Å². The Balaban J connectivity index is 1.78. The van der Waals surface area contributed by atoms with E-state index in [9.17, 15) is 0 Å². The second-order valence-corrected chi connectivity index (χ2v) is 13.5. The van der Waals surface area contributed by atoms with Crippen LogP contribution in [0, 0.1) is 6.92 Å². The largest absolute Gasteiger partial charge is 0.361 e. The van der Waals surface area contributed by atoms with Crippen LogP contribution in [0.15, 0.2) is 65.3 Å². The molecule has 0 bridgehead atoms. The second-order valence-electron chi connectivity index (χ2n) is 8.17. The maximum Gasteiger partial charge on any atom is 0.0931 e. The van der Waals surface area contributed by atoms with Gasteiger partial charge in [0.05, 0.1) is 8.07 Å². The molecule has 0 saturated carbocycles. The van der Waals surface area contributed by atoms with E-state index in [0.717, 1.165) is 0 Å². The fraction of sp³-hybridized carbons (Fsp3) is 0.167. The molecule has 1 N–H and O–H groups in total. The number of benzene rings is 2. The van der Waals surface area contributed by atoms with Crippen molar-refractivity contribution in [3.05, 3.63) is 82.0 Å². The van der Waals surface area contributed by atoms with E-state index in [2.05, 4.69) is 102 Å². The van der Waals surface area contributed by atoms with Crippen LogP contribution >= 0.6 is 15.9 Å². The fourth-order valence-electron chi connectivity index (χ4n) is 4.98. The Labute approximate surface area is 169 Å². The molecular formula is C24H22BrNSi. The van der Waals surface area contributed by atoms with Gasteiger partial charge in [0.2, 0.25) is 0 Å². The molecule has 1 unspecified atom stereocenters. The van der Waals surface area contributed by atoms with Gasteiger partial charge in [0.25, 0.3) is 0 Å². The standard InChI is InChI=1S/C24H22BrNSi/c1-15-13-19-20(14-21-18(23(19)25)9-6-12-26-21)24(15)27(2,3)22-11-10-16-7-4-5-8-17(16)22/h4-14,22,26H,1-3H3. The molecule has 1 atom stereocenters. The molecule has 4 aromatic rings. The van der Waals surface area contributed by atoms with E-state index in [4.69, 9.17) is 0 Å². The van der Waals surface area contributed by atoms with Crippen LogP contribution in [-0.4, -0.2) is 13.1 Å². The molecular weight excluding hydrogens is 410 g/mol. The number of aryl methyl sites for hydroxylation is 1. The molecule has 27 heavy (non-hydrogen) atoms. The first kappa shape index (κ1) is 17.0. The summed E-state index contributed by atoms with van der Waals surface area (Å²) in [6.07, 6.45) is 6.76. The van der Waals surface area contributed by atoms with Crippen LogP contribution in [0.3, 0.4) is 0 Å². The minimum atomic E-state index is -1.79. The molecule has 0 fully saturated rings. The van der Waals surface area contributed by atoms with Crippen LogP contribution in [0.25, 0.3) is 27.8 Å². The Morgan fingerprint density at radius 1 is 0.963 bits per heavy atom. The number of aromatic nitrogens is 1. The lowest BCUT2D eigenvalue weighted by atomic mass is 10.1. The third-order valence-electron chi connectivity index (χ3n) is 6.19. The highest BCUT2D eigenvalue weighted by molar-refractivity contribution is 9.10. The van der Waals surface area contributed by atoms with E-state index in [1.54, 1.807) is 5.19 Å². The first-order chi connectivity index (χ1) is 13.0. The highest BCUT2D eigenvalue weighted by Crippen LogP contribution is 2.40. The summed E-state index contributed by atoms with van der Waals surface area (Å²) in [7, 11) is -1.79. The average molecular weight is 432 g/mol. The number of fused-ring (bicyclic) bond motifs is 3. The van der Waals surface area contributed by atoms with Gasteiger partial charge in [-0.2, -0.15) is 0 Å². The summed E-state index contributed by atoms with van der Waals surface area (Å²) in [5.74, 6) is 0. The minimum Gasteiger partial charge on any atom is -0.361 e. The van der Waals surface area contributed by atoms with Crippen LogP contribution in [0.1, 0.15) is 22.2 Å². The van der Waals surface area contributed by atoms with Crippen molar-refractivity contribution in [2.75, 3.05) is 0 Å². The van der Waals surface area contributed by atoms with Crippen molar-refractivity contribution in [2.24, 2.45) is 0 Å². The van der Waals surface area contributed by atoms with Crippen LogP contribution in [0.4, 0.5) is 0 Å². The molecule has 0 radical (unpaired) electrons. The fourth-order valence-corrected chi connectivity index (χ4v) is 9.58. The molecule has 1 aliphatic rings. The predicted octanol–water partition coefficient (Wildman–Crippen LogP) is 6.66. The SMILES string of the molecule is Cc1cc2c(Br)c3ccc[nH]c3cc2c1[Si](C)(C)C1C=Cc2ccccc21. The first-order valence-electron chi connectivity index (χ1n) is 9.45. The van der Waals surface area contributed by atoms with Gasteiger partial charge in [-0.3, -0.25) is 0 Å². The Hall–Kier alpha value is -2.10. The zero-order valence-electron chi connectivity index (χ0n) is 15.8. The maximum absolute atomic E-state index is 3.89. The van der Waals surface area contributed by atoms with Crippen molar-refractivity contribution in [2.45, 2.75) is 25.6 Å². The molecule has 0 aliphatic heterocycles. The molecule has 3 heteroatoms. The molecule has 5 rings (SSSR count). The lowest BCUT2D eigenvalue weighted by Crippen LogP contribution is -2.47. The number of hydrogen-bond donors (Lipinski definition) is 1. The normalized spacial score (nSPS) is 16.4. The topological polar surface area (TPSA) is 15.8 Å². The zero-order chi connectivity index (χ0) is 18.8. The highest BCUT2D eigenvalue weighted by atomic mass is 79.9. The summed E-state index contributed by atoms with van der Waals surface area (Å²) < 4.78 is 1.20. The number of rotatable bonds is 2. The van der Waals surface area contributed by atoms with Crippen LogP contribution in [-0.2, 0) is 0 Å². The monoisotopic (exact) mass is 431 g/mol. The van der Waals surface area contributed by atoms with Crippen molar-refractivity contribution in [3.63, 3.8) is 0 Å².